The van der Waals surface area contributed by atoms with E-state index in [-0.39, 0.29) is 19.1 Å². The lowest BCUT2D eigenvalue weighted by molar-refractivity contribution is -0.870. The molecule has 1 amide bonds. The Morgan fingerprint density at radius 1 is 0.470 bits per heavy atom. The van der Waals surface area contributed by atoms with E-state index in [1.165, 1.54) is 244 Å². The standard InChI is InChI=1S/C57H117N2O6P/c1-6-8-10-12-14-16-18-20-22-24-25-26-27-28-29-30-31-32-33-34-35-37-39-41-43-45-47-49-51-57(61)58-55(54-65-66(62,63)64-53-52-59(3,4)5)56(60)50-48-46-44-42-40-38-36-23-21-19-17-15-13-11-9-7-2/h55-56,60H,6-54H2,1-5H3,(H-,58,61,62,63)/t55-,56+/m0/s1. The highest BCUT2D eigenvalue weighted by Gasteiger charge is 2.24. The molecule has 8 nitrogen and oxygen atoms in total. The lowest BCUT2D eigenvalue weighted by Crippen LogP contribution is -2.46. The summed E-state index contributed by atoms with van der Waals surface area (Å²) in [4.78, 5) is 25.5. The second-order valence-corrected chi connectivity index (χ2v) is 23.1. The number of phosphoric acid groups is 1. The van der Waals surface area contributed by atoms with E-state index < -0.39 is 20.0 Å². The number of likely N-dealkylation sites (N-methyl/N-ethyl adjacent to an activating group) is 1. The highest BCUT2D eigenvalue weighted by Crippen LogP contribution is 2.38. The van der Waals surface area contributed by atoms with Crippen molar-refractivity contribution in [2.24, 2.45) is 0 Å². The molecule has 0 bridgehead atoms. The number of hydrogen-bond donors (Lipinski definition) is 2. The van der Waals surface area contributed by atoms with Crippen molar-refractivity contribution in [2.75, 3.05) is 40.9 Å². The van der Waals surface area contributed by atoms with E-state index in [0.717, 1.165) is 38.5 Å². The Balaban J connectivity index is 4.04. The molecule has 2 N–H and O–H groups in total. The Morgan fingerprint density at radius 3 is 1.03 bits per heavy atom. The quantitative estimate of drug-likeness (QED) is 0.0357. The minimum absolute atomic E-state index is 0.0166. The molecule has 0 aliphatic rings. The fraction of sp³-hybridized carbons (Fsp3) is 0.982. The zero-order valence-corrected chi connectivity index (χ0v) is 46.1. The van der Waals surface area contributed by atoms with Gasteiger partial charge in [-0.2, -0.15) is 0 Å². The van der Waals surface area contributed by atoms with Gasteiger partial charge in [0.1, 0.15) is 13.2 Å². The lowest BCUT2D eigenvalue weighted by Gasteiger charge is -2.30. The van der Waals surface area contributed by atoms with Gasteiger partial charge in [0, 0.05) is 6.42 Å². The molecule has 0 rings (SSSR count). The Morgan fingerprint density at radius 2 is 0.742 bits per heavy atom. The molecule has 0 saturated heterocycles. The average Bonchev–Trinajstić information content (AvgIpc) is 3.28. The second-order valence-electron chi connectivity index (χ2n) is 21.7. The number of amides is 1. The van der Waals surface area contributed by atoms with Crippen LogP contribution in [0.25, 0.3) is 0 Å². The number of rotatable bonds is 55. The van der Waals surface area contributed by atoms with Crippen LogP contribution in [0.5, 0.6) is 0 Å². The van der Waals surface area contributed by atoms with Gasteiger partial charge in [-0.3, -0.25) is 9.36 Å². The molecule has 0 fully saturated rings. The van der Waals surface area contributed by atoms with Gasteiger partial charge in [-0.15, -0.1) is 0 Å². The largest absolute Gasteiger partial charge is 0.756 e. The number of carbonyl (C=O) groups is 1. The van der Waals surface area contributed by atoms with E-state index in [0.29, 0.717) is 23.9 Å². The maximum Gasteiger partial charge on any atom is 0.268 e. The van der Waals surface area contributed by atoms with Crippen LogP contribution in [0, 0.1) is 0 Å². The topological polar surface area (TPSA) is 108 Å². The molecule has 0 aromatic rings. The van der Waals surface area contributed by atoms with E-state index in [9.17, 15) is 19.4 Å². The third-order valence-electron chi connectivity index (χ3n) is 13.8. The molecule has 9 heteroatoms. The second kappa shape index (κ2) is 49.5. The molecular weight excluding hydrogens is 840 g/mol. The molecule has 66 heavy (non-hydrogen) atoms. The molecule has 3 atom stereocenters. The number of nitrogens with one attached hydrogen (secondary N) is 1. The molecule has 0 aliphatic carbocycles. The number of hydrogen-bond acceptors (Lipinski definition) is 6. The summed E-state index contributed by atoms with van der Waals surface area (Å²) in [7, 11) is 1.32. The van der Waals surface area contributed by atoms with E-state index in [1.54, 1.807) is 0 Å². The van der Waals surface area contributed by atoms with Gasteiger partial charge < -0.3 is 28.8 Å². The van der Waals surface area contributed by atoms with Crippen molar-refractivity contribution < 1.29 is 32.9 Å². The Kier molecular flexibility index (Phi) is 49.1. The molecule has 1 unspecified atom stereocenters. The maximum absolute atomic E-state index is 13.0. The zero-order chi connectivity index (χ0) is 48.5. The number of carbonyl (C=O) groups excluding carboxylic acids is 1. The summed E-state index contributed by atoms with van der Waals surface area (Å²) in [5, 5.41) is 14.0. The molecule has 0 spiro atoms. The number of aliphatic hydroxyl groups excluding tert-OH is 1. The van der Waals surface area contributed by atoms with Crippen molar-refractivity contribution in [1.82, 2.24) is 5.32 Å². The zero-order valence-electron chi connectivity index (χ0n) is 45.2. The van der Waals surface area contributed by atoms with Gasteiger partial charge in [-0.25, -0.2) is 0 Å². The van der Waals surface area contributed by atoms with Gasteiger partial charge >= 0.3 is 0 Å². The van der Waals surface area contributed by atoms with Crippen molar-refractivity contribution in [1.29, 1.82) is 0 Å². The van der Waals surface area contributed by atoms with E-state index >= 15 is 0 Å². The van der Waals surface area contributed by atoms with Crippen molar-refractivity contribution >= 4 is 13.7 Å². The van der Waals surface area contributed by atoms with Crippen LogP contribution in [0.15, 0.2) is 0 Å². The third kappa shape index (κ3) is 51.4. The number of nitrogens with zero attached hydrogens (tertiary/aromatic N) is 1. The summed E-state index contributed by atoms with van der Waals surface area (Å²) >= 11 is 0. The van der Waals surface area contributed by atoms with Gasteiger partial charge in [0.05, 0.1) is 39.9 Å². The molecular formula is C57H117N2O6P. The van der Waals surface area contributed by atoms with Crippen LogP contribution in [-0.4, -0.2) is 68.5 Å². The highest BCUT2D eigenvalue weighted by atomic mass is 31.2. The molecule has 0 aliphatic heterocycles. The van der Waals surface area contributed by atoms with Gasteiger partial charge in [-0.05, 0) is 12.8 Å². The fourth-order valence-corrected chi connectivity index (χ4v) is 9.94. The first-order chi connectivity index (χ1) is 32.0. The summed E-state index contributed by atoms with van der Waals surface area (Å²) in [6.45, 7) is 4.78. The van der Waals surface area contributed by atoms with Gasteiger partial charge in [0.2, 0.25) is 5.91 Å². The molecule has 0 aromatic carbocycles. The van der Waals surface area contributed by atoms with E-state index in [4.69, 9.17) is 9.05 Å². The van der Waals surface area contributed by atoms with Crippen LogP contribution in [-0.2, 0) is 18.4 Å². The molecule has 0 saturated carbocycles. The van der Waals surface area contributed by atoms with Crippen molar-refractivity contribution in [3.63, 3.8) is 0 Å². The van der Waals surface area contributed by atoms with Crippen LogP contribution in [0.2, 0.25) is 0 Å². The molecule has 0 aromatic heterocycles. The maximum atomic E-state index is 13.0. The van der Waals surface area contributed by atoms with Crippen LogP contribution >= 0.6 is 7.82 Å². The summed E-state index contributed by atoms with van der Waals surface area (Å²) in [6.07, 6.45) is 58.5. The first kappa shape index (κ1) is 65.5. The molecule has 0 radical (unpaired) electrons. The van der Waals surface area contributed by atoms with Crippen LogP contribution in [0.3, 0.4) is 0 Å². The summed E-state index contributed by atoms with van der Waals surface area (Å²) in [5.74, 6) is -0.156. The van der Waals surface area contributed by atoms with Gasteiger partial charge in [0.15, 0.2) is 0 Å². The van der Waals surface area contributed by atoms with E-state index in [2.05, 4.69) is 19.2 Å². The monoisotopic (exact) mass is 957 g/mol. The highest BCUT2D eigenvalue weighted by molar-refractivity contribution is 7.45. The van der Waals surface area contributed by atoms with Crippen LogP contribution < -0.4 is 10.2 Å². The van der Waals surface area contributed by atoms with Gasteiger partial charge in [-0.1, -0.05) is 290 Å². The minimum atomic E-state index is -4.57. The molecule has 0 heterocycles. The predicted octanol–water partition coefficient (Wildman–Crippen LogP) is 17.0. The van der Waals surface area contributed by atoms with Crippen LogP contribution in [0.1, 0.15) is 309 Å². The minimum Gasteiger partial charge on any atom is -0.756 e. The normalized spacial score (nSPS) is 13.9. The Hall–Kier alpha value is -0.500. The summed E-state index contributed by atoms with van der Waals surface area (Å²) in [6, 6.07) is -0.795. The third-order valence-corrected chi connectivity index (χ3v) is 14.8. The van der Waals surface area contributed by atoms with E-state index in [1.807, 2.05) is 21.1 Å². The predicted molar refractivity (Wildman–Crippen MR) is 284 cm³/mol. The first-order valence-electron chi connectivity index (χ1n) is 29.4. The number of unbranched alkanes of at least 4 members (excludes halogenated alkanes) is 42. The lowest BCUT2D eigenvalue weighted by atomic mass is 10.0. The van der Waals surface area contributed by atoms with Gasteiger partial charge in [0.25, 0.3) is 7.82 Å². The molecule has 396 valence electrons. The number of quaternary nitrogens is 1. The van der Waals surface area contributed by atoms with Crippen molar-refractivity contribution in [3.8, 4) is 0 Å². The summed E-state index contributed by atoms with van der Waals surface area (Å²) in [5.41, 5.74) is 0. The SMILES string of the molecule is CCCCCCCCCCCCCCCCCCCCCCCCCCCCCCC(=O)N[C@@H](COP(=O)([O-])OCC[N+](C)(C)C)[C@H](O)CCCCCCCCCCCCCCCCCC. The van der Waals surface area contributed by atoms with Crippen LogP contribution in [0.4, 0.5) is 0 Å². The average molecular weight is 958 g/mol. The number of aliphatic hydroxyl groups is 1. The van der Waals surface area contributed by atoms with Crippen molar-refractivity contribution in [3.05, 3.63) is 0 Å². The Labute approximate surface area is 412 Å². The smallest absolute Gasteiger partial charge is 0.268 e. The fourth-order valence-electron chi connectivity index (χ4n) is 9.22. The van der Waals surface area contributed by atoms with Crippen molar-refractivity contribution in [2.45, 2.75) is 321 Å². The first-order valence-corrected chi connectivity index (χ1v) is 30.8. The summed E-state index contributed by atoms with van der Waals surface area (Å²) < 4.78 is 23.4. The number of phosphoric ester groups is 1. The Bertz CT molecular complexity index is 1040.